The Labute approximate surface area is 137 Å². The molecule has 7 heteroatoms. The Morgan fingerprint density at radius 2 is 2.25 bits per heavy atom. The molecule has 0 radical (unpaired) electrons. The number of carbonyl (C=O) groups excluding carboxylic acids is 1. The van der Waals surface area contributed by atoms with Gasteiger partial charge < -0.3 is 14.6 Å². The molecule has 24 heavy (non-hydrogen) atoms. The van der Waals surface area contributed by atoms with Crippen LogP contribution in [0.2, 0.25) is 0 Å². The number of nitrogens with zero attached hydrogens (tertiary/aromatic N) is 3. The van der Waals surface area contributed by atoms with Gasteiger partial charge in [0.15, 0.2) is 6.10 Å². The summed E-state index contributed by atoms with van der Waals surface area (Å²) in [5, 5.41) is 18.1. The molecule has 1 aromatic heterocycles. The van der Waals surface area contributed by atoms with Crippen LogP contribution in [0.4, 0.5) is 10.5 Å². The van der Waals surface area contributed by atoms with Crippen molar-refractivity contribution in [3.05, 3.63) is 42.1 Å². The van der Waals surface area contributed by atoms with Gasteiger partial charge in [0, 0.05) is 11.8 Å². The van der Waals surface area contributed by atoms with Crippen LogP contribution in [0.1, 0.15) is 5.56 Å². The van der Waals surface area contributed by atoms with Gasteiger partial charge in [0.05, 0.1) is 23.6 Å². The lowest BCUT2D eigenvalue weighted by Gasteiger charge is -2.31. The number of anilines is 1. The molecule has 1 fully saturated rings. The molecule has 4 rings (SSSR count). The average Bonchev–Trinajstić information content (AvgIpc) is 2.97. The normalized spacial score (nSPS) is 21.3. The molecule has 3 heterocycles. The predicted molar refractivity (Wildman–Crippen MR) is 83.5 cm³/mol. The number of fused-ring (bicyclic) bond motifs is 3. The number of pyridine rings is 1. The van der Waals surface area contributed by atoms with E-state index in [1.807, 2.05) is 12.1 Å². The SMILES string of the molecule is N#Cc1ccc(-c2ccc3c(c2)OC[C@H]2[C@H](CO)OC(=O)N32)nc1. The summed E-state index contributed by atoms with van der Waals surface area (Å²) in [4.78, 5) is 17.8. The van der Waals surface area contributed by atoms with Gasteiger partial charge in [0.2, 0.25) is 0 Å². The zero-order chi connectivity index (χ0) is 16.7. The second-order valence-electron chi connectivity index (χ2n) is 5.58. The van der Waals surface area contributed by atoms with Crippen LogP contribution in [0.5, 0.6) is 5.75 Å². The number of rotatable bonds is 2. The molecular weight excluding hydrogens is 310 g/mol. The summed E-state index contributed by atoms with van der Waals surface area (Å²) < 4.78 is 10.9. The van der Waals surface area contributed by atoms with Crippen LogP contribution in [0.25, 0.3) is 11.3 Å². The van der Waals surface area contributed by atoms with Gasteiger partial charge in [-0.3, -0.25) is 9.88 Å². The highest BCUT2D eigenvalue weighted by Gasteiger charge is 2.46. The van der Waals surface area contributed by atoms with Crippen LogP contribution in [0.15, 0.2) is 36.5 Å². The van der Waals surface area contributed by atoms with Crippen molar-refractivity contribution < 1.29 is 19.4 Å². The molecule has 2 aliphatic heterocycles. The van der Waals surface area contributed by atoms with Crippen LogP contribution >= 0.6 is 0 Å². The van der Waals surface area contributed by atoms with Gasteiger partial charge in [-0.05, 0) is 24.3 Å². The Hall–Kier alpha value is -3.11. The van der Waals surface area contributed by atoms with Gasteiger partial charge in [-0.2, -0.15) is 5.26 Å². The van der Waals surface area contributed by atoms with Crippen molar-refractivity contribution >= 4 is 11.8 Å². The number of ether oxygens (including phenoxy) is 2. The topological polar surface area (TPSA) is 95.7 Å². The molecule has 2 aromatic rings. The van der Waals surface area contributed by atoms with E-state index in [2.05, 4.69) is 4.98 Å². The van der Waals surface area contributed by atoms with E-state index in [0.29, 0.717) is 22.7 Å². The third-order valence-corrected chi connectivity index (χ3v) is 4.21. The summed E-state index contributed by atoms with van der Waals surface area (Å²) in [6, 6.07) is 10.6. The van der Waals surface area contributed by atoms with E-state index in [-0.39, 0.29) is 19.3 Å². The van der Waals surface area contributed by atoms with Crippen LogP contribution in [-0.4, -0.2) is 41.5 Å². The Bertz CT molecular complexity index is 844. The van der Waals surface area contributed by atoms with E-state index in [0.717, 1.165) is 5.56 Å². The Balaban J connectivity index is 1.70. The lowest BCUT2D eigenvalue weighted by molar-refractivity contribution is 0.0734. The lowest BCUT2D eigenvalue weighted by Crippen LogP contribution is -2.45. The number of hydrogen-bond donors (Lipinski definition) is 1. The monoisotopic (exact) mass is 323 g/mol. The zero-order valence-electron chi connectivity index (χ0n) is 12.5. The van der Waals surface area contributed by atoms with Crippen molar-refractivity contribution in [2.24, 2.45) is 0 Å². The van der Waals surface area contributed by atoms with Crippen molar-refractivity contribution in [1.82, 2.24) is 4.98 Å². The van der Waals surface area contributed by atoms with Gasteiger partial charge in [-0.25, -0.2) is 4.79 Å². The molecule has 2 aliphatic rings. The molecular formula is C17H13N3O4. The maximum absolute atomic E-state index is 12.1. The highest BCUT2D eigenvalue weighted by molar-refractivity contribution is 5.93. The number of hydrogen-bond acceptors (Lipinski definition) is 6. The number of aromatic nitrogens is 1. The first kappa shape index (κ1) is 14.5. The molecule has 0 bridgehead atoms. The number of benzene rings is 1. The average molecular weight is 323 g/mol. The summed E-state index contributed by atoms with van der Waals surface area (Å²) in [6.07, 6.45) is 0.452. The molecule has 7 nitrogen and oxygen atoms in total. The molecule has 1 amide bonds. The third kappa shape index (κ3) is 2.16. The number of aliphatic hydroxyl groups excluding tert-OH is 1. The van der Waals surface area contributed by atoms with Crippen LogP contribution in [0.3, 0.4) is 0 Å². The molecule has 1 aromatic carbocycles. The van der Waals surface area contributed by atoms with Gasteiger partial charge in [0.25, 0.3) is 0 Å². The third-order valence-electron chi connectivity index (χ3n) is 4.21. The Kier molecular flexibility index (Phi) is 3.32. The van der Waals surface area contributed by atoms with E-state index < -0.39 is 12.2 Å². The second-order valence-corrected chi connectivity index (χ2v) is 5.58. The number of nitriles is 1. The number of carbonyl (C=O) groups is 1. The summed E-state index contributed by atoms with van der Waals surface area (Å²) in [5.41, 5.74) is 2.64. The Morgan fingerprint density at radius 1 is 1.38 bits per heavy atom. The van der Waals surface area contributed by atoms with Gasteiger partial charge in [-0.1, -0.05) is 6.07 Å². The minimum Gasteiger partial charge on any atom is -0.489 e. The van der Waals surface area contributed by atoms with Crippen LogP contribution < -0.4 is 9.64 Å². The summed E-state index contributed by atoms with van der Waals surface area (Å²) in [5.74, 6) is 0.561. The van der Waals surface area contributed by atoms with Crippen molar-refractivity contribution in [3.63, 3.8) is 0 Å². The van der Waals surface area contributed by atoms with Crippen molar-refractivity contribution in [2.75, 3.05) is 18.1 Å². The fourth-order valence-corrected chi connectivity index (χ4v) is 2.98. The maximum atomic E-state index is 12.1. The quantitative estimate of drug-likeness (QED) is 0.903. The van der Waals surface area contributed by atoms with Gasteiger partial charge >= 0.3 is 6.09 Å². The number of aliphatic hydroxyl groups is 1. The van der Waals surface area contributed by atoms with E-state index >= 15 is 0 Å². The molecule has 0 aliphatic carbocycles. The zero-order valence-corrected chi connectivity index (χ0v) is 12.5. The minimum atomic E-state index is -0.578. The standard InChI is InChI=1S/C17H13N3O4/c18-6-10-1-3-12(19-7-10)11-2-4-13-15(5-11)23-9-14-16(8-21)24-17(22)20(13)14/h1-5,7,14,16,21H,8-9H2/t14-,16-/m0/s1. The van der Waals surface area contributed by atoms with E-state index in [1.54, 1.807) is 24.3 Å². The summed E-state index contributed by atoms with van der Waals surface area (Å²) >= 11 is 0. The largest absolute Gasteiger partial charge is 0.489 e. The molecule has 0 spiro atoms. The summed E-state index contributed by atoms with van der Waals surface area (Å²) in [7, 11) is 0. The first-order valence-electron chi connectivity index (χ1n) is 7.45. The molecule has 2 atom stereocenters. The van der Waals surface area contributed by atoms with Crippen LogP contribution in [-0.2, 0) is 4.74 Å². The van der Waals surface area contributed by atoms with E-state index in [4.69, 9.17) is 14.7 Å². The smallest absolute Gasteiger partial charge is 0.415 e. The van der Waals surface area contributed by atoms with Crippen molar-refractivity contribution in [1.29, 1.82) is 5.26 Å². The molecule has 1 saturated heterocycles. The number of amides is 1. The molecule has 1 N–H and O–H groups in total. The minimum absolute atomic E-state index is 0.237. The van der Waals surface area contributed by atoms with Crippen molar-refractivity contribution in [3.8, 4) is 23.1 Å². The highest BCUT2D eigenvalue weighted by atomic mass is 16.6. The molecule has 120 valence electrons. The maximum Gasteiger partial charge on any atom is 0.415 e. The second kappa shape index (κ2) is 5.51. The first-order chi connectivity index (χ1) is 11.7. The molecule has 0 saturated carbocycles. The Morgan fingerprint density at radius 3 is 2.96 bits per heavy atom. The highest BCUT2D eigenvalue weighted by Crippen LogP contribution is 2.40. The van der Waals surface area contributed by atoms with Crippen LogP contribution in [0, 0.1) is 11.3 Å². The van der Waals surface area contributed by atoms with E-state index in [9.17, 15) is 9.90 Å². The summed E-state index contributed by atoms with van der Waals surface area (Å²) in [6.45, 7) is 0.0209. The van der Waals surface area contributed by atoms with Crippen molar-refractivity contribution in [2.45, 2.75) is 12.1 Å². The predicted octanol–water partition coefficient (Wildman–Crippen LogP) is 1.70. The van der Waals surface area contributed by atoms with Gasteiger partial charge in [-0.15, -0.1) is 0 Å². The first-order valence-corrected chi connectivity index (χ1v) is 7.45. The van der Waals surface area contributed by atoms with Gasteiger partial charge in [0.1, 0.15) is 24.5 Å². The fraction of sp³-hybridized carbons (Fsp3) is 0.235. The molecule has 0 unspecified atom stereocenters. The number of cyclic esters (lactones) is 1. The van der Waals surface area contributed by atoms with E-state index in [1.165, 1.54) is 11.1 Å². The fourth-order valence-electron chi connectivity index (χ4n) is 2.98. The lowest BCUT2D eigenvalue weighted by atomic mass is 10.1.